The van der Waals surface area contributed by atoms with E-state index in [-0.39, 0.29) is 46.0 Å². The van der Waals surface area contributed by atoms with Gasteiger partial charge in [-0.2, -0.15) is 23.3 Å². The first kappa shape index (κ1) is 28.4. The Morgan fingerprint density at radius 1 is 1.07 bits per heavy atom. The Hall–Kier alpha value is -5.11. The van der Waals surface area contributed by atoms with Crippen molar-refractivity contribution < 1.29 is 32.2 Å². The van der Waals surface area contributed by atoms with Crippen LogP contribution in [0.3, 0.4) is 0 Å². The second kappa shape index (κ2) is 11.8. The number of pyridine rings is 2. The van der Waals surface area contributed by atoms with Crippen molar-refractivity contribution in [2.24, 2.45) is 0 Å². The third-order valence-electron chi connectivity index (χ3n) is 5.81. The van der Waals surface area contributed by atoms with Crippen molar-refractivity contribution in [1.29, 1.82) is 0 Å². The van der Waals surface area contributed by atoms with Crippen molar-refractivity contribution in [2.45, 2.75) is 12.6 Å². The molecule has 0 fully saturated rings. The lowest BCUT2D eigenvalue weighted by atomic mass is 10.1. The van der Waals surface area contributed by atoms with Crippen molar-refractivity contribution in [3.8, 4) is 22.8 Å². The van der Waals surface area contributed by atoms with Crippen LogP contribution in [-0.2, 0) is 12.6 Å². The van der Waals surface area contributed by atoms with E-state index in [4.69, 9.17) is 16.3 Å². The number of carbonyl (C=O) groups is 1. The quantitative estimate of drug-likeness (QED) is 0.196. The number of rotatable bonds is 9. The summed E-state index contributed by atoms with van der Waals surface area (Å²) in [6.07, 6.45) is 2.59. The van der Waals surface area contributed by atoms with Gasteiger partial charge in [-0.05, 0) is 48.0 Å². The summed E-state index contributed by atoms with van der Waals surface area (Å²) >= 11 is 5.83. The normalized spacial score (nSPS) is 11.4. The summed E-state index contributed by atoms with van der Waals surface area (Å²) in [7, 11) is 0. The molecule has 10 nitrogen and oxygen atoms in total. The zero-order chi connectivity index (χ0) is 29.9. The summed E-state index contributed by atoms with van der Waals surface area (Å²) in [6.45, 7) is 0.131. The molecular formula is C27H18ClF4N7O3. The molecule has 1 aromatic carbocycles. The Morgan fingerprint density at radius 2 is 1.86 bits per heavy atom. The average molecular weight is 600 g/mol. The van der Waals surface area contributed by atoms with Gasteiger partial charge in [-0.1, -0.05) is 11.6 Å². The van der Waals surface area contributed by atoms with Crippen molar-refractivity contribution in [2.75, 3.05) is 11.9 Å². The second-order valence-electron chi connectivity index (χ2n) is 8.66. The molecule has 2 N–H and O–H groups in total. The van der Waals surface area contributed by atoms with Crippen LogP contribution < -0.4 is 10.1 Å². The van der Waals surface area contributed by atoms with Gasteiger partial charge >= 0.3 is 12.1 Å². The number of hydrogen-bond acceptors (Lipinski definition) is 8. The molecule has 4 heterocycles. The van der Waals surface area contributed by atoms with E-state index in [0.29, 0.717) is 12.1 Å². The zero-order valence-electron chi connectivity index (χ0n) is 21.2. The first-order valence-electron chi connectivity index (χ1n) is 12.1. The number of benzene rings is 1. The van der Waals surface area contributed by atoms with E-state index in [2.05, 4.69) is 30.4 Å². The van der Waals surface area contributed by atoms with Gasteiger partial charge < -0.3 is 15.2 Å². The summed E-state index contributed by atoms with van der Waals surface area (Å²) in [5.41, 5.74) is 0.0631. The number of anilines is 2. The maximum Gasteiger partial charge on any atom is 0.435 e. The fourth-order valence-corrected chi connectivity index (χ4v) is 3.97. The Morgan fingerprint density at radius 3 is 2.55 bits per heavy atom. The van der Waals surface area contributed by atoms with Gasteiger partial charge in [0, 0.05) is 54.2 Å². The van der Waals surface area contributed by atoms with Crippen molar-refractivity contribution in [3.05, 3.63) is 101 Å². The van der Waals surface area contributed by atoms with Gasteiger partial charge in [0.1, 0.15) is 11.4 Å². The number of carboxylic acids is 1. The molecule has 214 valence electrons. The van der Waals surface area contributed by atoms with Gasteiger partial charge in [-0.3, -0.25) is 4.98 Å². The molecule has 5 aromatic rings. The predicted octanol–water partition coefficient (Wildman–Crippen LogP) is 5.99. The number of aromatic carboxylic acids is 1. The fourth-order valence-electron chi connectivity index (χ4n) is 3.79. The van der Waals surface area contributed by atoms with Crippen molar-refractivity contribution >= 4 is 29.2 Å². The Kier molecular flexibility index (Phi) is 7.97. The molecular weight excluding hydrogens is 582 g/mol. The molecule has 0 amide bonds. The highest BCUT2D eigenvalue weighted by Gasteiger charge is 2.34. The van der Waals surface area contributed by atoms with Crippen LogP contribution >= 0.6 is 11.6 Å². The molecule has 0 bridgehead atoms. The van der Waals surface area contributed by atoms with Crippen LogP contribution in [0.15, 0.2) is 73.4 Å². The molecule has 0 saturated carbocycles. The lowest BCUT2D eigenvalue weighted by molar-refractivity contribution is -0.141. The summed E-state index contributed by atoms with van der Waals surface area (Å²) < 4.78 is 60.0. The molecule has 4 aromatic heterocycles. The van der Waals surface area contributed by atoms with E-state index in [1.807, 2.05) is 0 Å². The number of halogens is 5. The van der Waals surface area contributed by atoms with Crippen molar-refractivity contribution in [3.63, 3.8) is 0 Å². The highest BCUT2D eigenvalue weighted by atomic mass is 35.5. The van der Waals surface area contributed by atoms with Crippen LogP contribution in [0.25, 0.3) is 16.9 Å². The minimum atomic E-state index is -4.72. The van der Waals surface area contributed by atoms with Gasteiger partial charge in [0.25, 0.3) is 0 Å². The number of nitrogens with one attached hydrogen (secondary N) is 1. The molecule has 0 aliphatic carbocycles. The SMILES string of the molecule is O=C(O)c1cc(-c2cnc(Nc3ccc(F)c(Cl)c3)nc2-n2ccc(C(F)(F)F)n2)cnc1OCCc1ccncc1. The van der Waals surface area contributed by atoms with Crippen LogP contribution in [0.1, 0.15) is 21.6 Å². The van der Waals surface area contributed by atoms with E-state index < -0.39 is 23.7 Å². The molecule has 0 spiro atoms. The van der Waals surface area contributed by atoms with E-state index in [1.54, 1.807) is 24.5 Å². The Bertz CT molecular complexity index is 1750. The molecule has 0 saturated heterocycles. The fraction of sp³-hybridized carbons (Fsp3) is 0.111. The van der Waals surface area contributed by atoms with E-state index in [0.717, 1.165) is 28.6 Å². The summed E-state index contributed by atoms with van der Waals surface area (Å²) in [4.78, 5) is 28.6. The third kappa shape index (κ3) is 6.44. The number of aromatic nitrogens is 6. The monoisotopic (exact) mass is 599 g/mol. The highest BCUT2D eigenvalue weighted by molar-refractivity contribution is 6.31. The topological polar surface area (TPSA) is 128 Å². The minimum Gasteiger partial charge on any atom is -0.477 e. The molecule has 15 heteroatoms. The Labute approximate surface area is 239 Å². The van der Waals surface area contributed by atoms with Crippen LogP contribution in [0.4, 0.5) is 29.2 Å². The largest absolute Gasteiger partial charge is 0.477 e. The molecule has 0 radical (unpaired) electrons. The summed E-state index contributed by atoms with van der Waals surface area (Å²) in [5, 5.41) is 16.1. The second-order valence-corrected chi connectivity index (χ2v) is 9.07. The molecule has 5 rings (SSSR count). The summed E-state index contributed by atoms with van der Waals surface area (Å²) in [6, 6.07) is 9.36. The van der Waals surface area contributed by atoms with Gasteiger partial charge in [0.05, 0.1) is 11.6 Å². The van der Waals surface area contributed by atoms with Gasteiger partial charge in [0.2, 0.25) is 11.8 Å². The van der Waals surface area contributed by atoms with Crippen LogP contribution in [-0.4, -0.2) is 47.4 Å². The lowest BCUT2D eigenvalue weighted by Crippen LogP contribution is -2.11. The zero-order valence-corrected chi connectivity index (χ0v) is 21.9. The van der Waals surface area contributed by atoms with Gasteiger partial charge in [-0.15, -0.1) is 0 Å². The molecule has 0 atom stereocenters. The standard InChI is InChI=1S/C27H18ClF4N7O3/c28-20-12-17(1-2-21(20)29)36-26-35-14-19(23(37-26)39-9-5-22(38-39)27(30,31)32)16-11-18(25(40)41)24(34-13-16)42-10-6-15-3-7-33-8-4-15/h1-5,7-9,11-14H,6,10H2,(H,40,41)(H,35,36,37). The van der Waals surface area contributed by atoms with Crippen LogP contribution in [0.2, 0.25) is 5.02 Å². The van der Waals surface area contributed by atoms with Crippen LogP contribution in [0, 0.1) is 5.82 Å². The molecule has 0 aliphatic rings. The molecule has 0 unspecified atom stereocenters. The molecule has 0 aliphatic heterocycles. The molecule has 42 heavy (non-hydrogen) atoms. The smallest absolute Gasteiger partial charge is 0.435 e. The summed E-state index contributed by atoms with van der Waals surface area (Å²) in [5.74, 6) is -2.34. The van der Waals surface area contributed by atoms with Crippen molar-refractivity contribution in [1.82, 2.24) is 29.7 Å². The van der Waals surface area contributed by atoms with E-state index in [9.17, 15) is 27.5 Å². The first-order valence-corrected chi connectivity index (χ1v) is 12.4. The number of hydrogen-bond donors (Lipinski definition) is 2. The van der Waals surface area contributed by atoms with Crippen LogP contribution in [0.5, 0.6) is 5.88 Å². The minimum absolute atomic E-state index is 0.0806. The highest BCUT2D eigenvalue weighted by Crippen LogP contribution is 2.32. The maximum absolute atomic E-state index is 13.6. The predicted molar refractivity (Wildman–Crippen MR) is 142 cm³/mol. The first-order chi connectivity index (χ1) is 20.1. The van der Waals surface area contributed by atoms with Gasteiger partial charge in [0.15, 0.2) is 11.5 Å². The number of nitrogens with zero attached hydrogens (tertiary/aromatic N) is 6. The average Bonchev–Trinajstić information content (AvgIpc) is 3.47. The van der Waals surface area contributed by atoms with Gasteiger partial charge in [-0.25, -0.2) is 23.8 Å². The lowest BCUT2D eigenvalue weighted by Gasteiger charge is -2.14. The Balaban J connectivity index is 1.51. The van der Waals surface area contributed by atoms with E-state index in [1.165, 1.54) is 30.6 Å². The maximum atomic E-state index is 13.6. The number of carboxylic acid groups (broad SMARTS) is 1. The number of alkyl halides is 3. The van der Waals surface area contributed by atoms with E-state index >= 15 is 0 Å². The number of ether oxygens (including phenoxy) is 1. The third-order valence-corrected chi connectivity index (χ3v) is 6.10.